The highest BCUT2D eigenvalue weighted by atomic mass is 16.4. The molecule has 2 N–H and O–H groups in total. The van der Waals surface area contributed by atoms with Crippen molar-refractivity contribution < 1.29 is 24.4 Å². The fourth-order valence-corrected chi connectivity index (χ4v) is 8.25. The molecular formula is C46H67N2O4+. The number of benzene rings is 2. The Labute approximate surface area is 314 Å². The summed E-state index contributed by atoms with van der Waals surface area (Å²) < 4.78 is 2.11. The van der Waals surface area contributed by atoms with Crippen LogP contribution in [-0.4, -0.2) is 51.9 Å². The average Bonchev–Trinajstić information content (AvgIpc) is 3.41. The van der Waals surface area contributed by atoms with Gasteiger partial charge < -0.3 is 15.1 Å². The normalized spacial score (nSPS) is 15.8. The summed E-state index contributed by atoms with van der Waals surface area (Å²) in [6.07, 6.45) is 23.1. The van der Waals surface area contributed by atoms with Crippen molar-refractivity contribution >= 4 is 34.4 Å². The minimum absolute atomic E-state index is 0.0132. The molecule has 0 aromatic heterocycles. The van der Waals surface area contributed by atoms with Crippen LogP contribution >= 0.6 is 0 Å². The number of Topliss-reactive ketones (excluding diaryl/α,β-unsaturated/α-hetero) is 1. The smallest absolute Gasteiger partial charge is 0.309 e. The number of nitrogens with zero attached hydrogens (tertiary/aromatic N) is 2. The van der Waals surface area contributed by atoms with Gasteiger partial charge in [0.2, 0.25) is 11.5 Å². The predicted molar refractivity (Wildman–Crippen MR) is 217 cm³/mol. The summed E-state index contributed by atoms with van der Waals surface area (Å²) in [5, 5.41) is 21.2. The lowest BCUT2D eigenvalue weighted by molar-refractivity contribution is -0.436. The number of aliphatic carboxylic acids is 1. The minimum atomic E-state index is -0.852. The second kappa shape index (κ2) is 21.1. The highest BCUT2D eigenvalue weighted by Gasteiger charge is 2.51. The minimum Gasteiger partial charge on any atom is -0.506 e. The van der Waals surface area contributed by atoms with Crippen LogP contribution in [-0.2, 0) is 15.0 Å². The quantitative estimate of drug-likeness (QED) is 0.0577. The first-order chi connectivity index (χ1) is 25.3. The van der Waals surface area contributed by atoms with E-state index in [1.807, 2.05) is 24.3 Å². The molecular weight excluding hydrogens is 645 g/mol. The van der Waals surface area contributed by atoms with Crippen molar-refractivity contribution in [2.24, 2.45) is 0 Å². The molecule has 0 fully saturated rings. The van der Waals surface area contributed by atoms with Crippen LogP contribution < -0.4 is 4.90 Å². The summed E-state index contributed by atoms with van der Waals surface area (Å²) in [5.41, 5.74) is 5.44. The topological polar surface area (TPSA) is 80.8 Å². The molecule has 0 amide bonds. The maximum absolute atomic E-state index is 13.9. The molecule has 2 aromatic rings. The van der Waals surface area contributed by atoms with Gasteiger partial charge in [-0.15, -0.1) is 0 Å². The second-order valence-electron chi connectivity index (χ2n) is 15.2. The number of aliphatic hydroxyl groups is 1. The molecule has 0 saturated carbocycles. The molecule has 2 aliphatic rings. The Balaban J connectivity index is 1.62. The summed E-state index contributed by atoms with van der Waals surface area (Å²) in [7, 11) is 0. The molecule has 1 heterocycles. The van der Waals surface area contributed by atoms with E-state index in [1.54, 1.807) is 0 Å². The number of unbranched alkanes of at least 4 members (excludes halogenated alkanes) is 12. The number of ketones is 1. The third-order valence-electron chi connectivity index (χ3n) is 11.3. The lowest BCUT2D eigenvalue weighted by atomic mass is 9.69. The van der Waals surface area contributed by atoms with Gasteiger partial charge in [0.15, 0.2) is 12.3 Å². The van der Waals surface area contributed by atoms with Crippen molar-refractivity contribution in [3.8, 4) is 0 Å². The largest absolute Gasteiger partial charge is 0.506 e. The van der Waals surface area contributed by atoms with Crippen molar-refractivity contribution in [3.05, 3.63) is 77.1 Å². The molecule has 0 atom stereocenters. The molecule has 4 rings (SSSR count). The van der Waals surface area contributed by atoms with Crippen molar-refractivity contribution in [1.29, 1.82) is 0 Å². The summed E-state index contributed by atoms with van der Waals surface area (Å²) >= 11 is 0. The predicted octanol–water partition coefficient (Wildman–Crippen LogP) is 11.9. The van der Waals surface area contributed by atoms with E-state index >= 15 is 0 Å². The zero-order valence-corrected chi connectivity index (χ0v) is 32.9. The number of carboxylic acids is 1. The number of hydrogen-bond donors (Lipinski definition) is 2. The maximum Gasteiger partial charge on any atom is 0.309 e. The van der Waals surface area contributed by atoms with E-state index in [2.05, 4.69) is 67.5 Å². The Morgan fingerprint density at radius 3 is 1.81 bits per heavy atom. The Bertz CT molecular complexity index is 1530. The van der Waals surface area contributed by atoms with Crippen molar-refractivity contribution in [3.63, 3.8) is 0 Å². The first-order valence-electron chi connectivity index (χ1n) is 20.8. The van der Waals surface area contributed by atoms with E-state index in [-0.39, 0.29) is 23.4 Å². The molecule has 52 heavy (non-hydrogen) atoms. The summed E-state index contributed by atoms with van der Waals surface area (Å²) in [4.78, 5) is 28.2. The van der Waals surface area contributed by atoms with Crippen molar-refractivity contribution in [1.82, 2.24) is 0 Å². The molecule has 0 spiro atoms. The lowest BCUT2D eigenvalue weighted by Crippen LogP contribution is -2.36. The standard InChI is InChI=1S/C46H66N2O4/c1-5-9-13-15-17-21-32-47(33-22-18-16-14-10-6-2)37-27-25-36(26-28-37)43-44(51)38(45(43)52)35-41-46(30-11-7-3,31-12-8-4)39-23-19-20-24-40(39)48(41)34-29-42(49)50/h19-20,23-28,35H,5-18,21-22,29-34H2,1-4H3,(H-,49,50,51,52)/p+1. The van der Waals surface area contributed by atoms with Crippen molar-refractivity contribution in [2.45, 2.75) is 155 Å². The molecule has 0 radical (unpaired) electrons. The van der Waals surface area contributed by atoms with Gasteiger partial charge in [-0.3, -0.25) is 9.59 Å². The molecule has 0 saturated heterocycles. The highest BCUT2D eigenvalue weighted by molar-refractivity contribution is 6.40. The Morgan fingerprint density at radius 1 is 0.731 bits per heavy atom. The fourth-order valence-electron chi connectivity index (χ4n) is 8.25. The molecule has 1 aliphatic carbocycles. The van der Waals surface area contributed by atoms with Crippen molar-refractivity contribution in [2.75, 3.05) is 24.5 Å². The van der Waals surface area contributed by atoms with Crippen LogP contribution in [0.1, 0.15) is 161 Å². The second-order valence-corrected chi connectivity index (χ2v) is 15.2. The number of allylic oxidation sites excluding steroid dienone is 3. The number of carbonyl (C=O) groups excluding carboxylic acids is 1. The van der Waals surface area contributed by atoms with Gasteiger partial charge in [-0.1, -0.05) is 148 Å². The molecule has 1 aliphatic heterocycles. The van der Waals surface area contributed by atoms with Crippen LogP contribution in [0.25, 0.3) is 5.57 Å². The van der Waals surface area contributed by atoms with E-state index in [0.29, 0.717) is 17.7 Å². The highest BCUT2D eigenvalue weighted by Crippen LogP contribution is 2.48. The van der Waals surface area contributed by atoms with E-state index in [0.717, 1.165) is 68.6 Å². The van der Waals surface area contributed by atoms with Gasteiger partial charge >= 0.3 is 5.97 Å². The van der Waals surface area contributed by atoms with Gasteiger partial charge in [-0.05, 0) is 43.4 Å². The number of carbonyl (C=O) groups is 2. The Hall–Kier alpha value is -3.67. The van der Waals surface area contributed by atoms with Gasteiger partial charge in [0.05, 0.1) is 16.6 Å². The van der Waals surface area contributed by atoms with Crippen LogP contribution in [0.15, 0.2) is 65.9 Å². The summed E-state index contributed by atoms with van der Waals surface area (Å²) in [6.45, 7) is 11.3. The SMILES string of the molecule is CCCCCCCCN(CCCCCCCC)c1ccc(C2=C(O)C(=CC3=[N+](CCC(=O)O)c4ccccc4C3(CCCC)CCCC)C2=O)cc1. The first kappa shape index (κ1) is 41.1. The van der Waals surface area contributed by atoms with E-state index in [1.165, 1.54) is 88.3 Å². The van der Waals surface area contributed by atoms with E-state index in [9.17, 15) is 19.8 Å². The van der Waals surface area contributed by atoms with Gasteiger partial charge in [-0.25, -0.2) is 0 Å². The van der Waals surface area contributed by atoms with Gasteiger partial charge in [0, 0.05) is 36.5 Å². The maximum atomic E-state index is 13.9. The van der Waals surface area contributed by atoms with Gasteiger partial charge in [0.1, 0.15) is 12.2 Å². The fraction of sp³-hybridized carbons (Fsp3) is 0.587. The molecule has 6 heteroatoms. The zero-order valence-electron chi connectivity index (χ0n) is 32.9. The molecule has 0 bridgehead atoms. The third-order valence-corrected chi connectivity index (χ3v) is 11.3. The molecule has 0 unspecified atom stereocenters. The number of fused-ring (bicyclic) bond motifs is 1. The molecule has 2 aromatic carbocycles. The van der Waals surface area contributed by atoms with E-state index in [4.69, 9.17) is 0 Å². The molecule has 6 nitrogen and oxygen atoms in total. The van der Waals surface area contributed by atoms with Crippen LogP contribution in [0.3, 0.4) is 0 Å². The summed E-state index contributed by atoms with van der Waals surface area (Å²) in [5.74, 6) is -0.965. The number of carboxylic acid groups (broad SMARTS) is 1. The van der Waals surface area contributed by atoms with Crippen LogP contribution in [0.4, 0.5) is 11.4 Å². The van der Waals surface area contributed by atoms with Crippen LogP contribution in [0.2, 0.25) is 0 Å². The van der Waals surface area contributed by atoms with Gasteiger partial charge in [0.25, 0.3) is 0 Å². The first-order valence-corrected chi connectivity index (χ1v) is 20.8. The average molecular weight is 712 g/mol. The lowest BCUT2D eigenvalue weighted by Gasteiger charge is -2.29. The number of aliphatic hydroxyl groups excluding tert-OH is 1. The Kier molecular flexibility index (Phi) is 16.7. The third kappa shape index (κ3) is 10.3. The van der Waals surface area contributed by atoms with Crippen LogP contribution in [0.5, 0.6) is 0 Å². The molecule has 284 valence electrons. The number of hydrogen-bond acceptors (Lipinski definition) is 4. The number of rotatable bonds is 26. The van der Waals surface area contributed by atoms with Gasteiger partial charge in [-0.2, -0.15) is 4.58 Å². The number of para-hydroxylation sites is 1. The number of anilines is 1. The van der Waals surface area contributed by atoms with Crippen LogP contribution in [0, 0.1) is 0 Å². The zero-order chi connectivity index (χ0) is 37.3. The van der Waals surface area contributed by atoms with E-state index < -0.39 is 5.97 Å². The Morgan fingerprint density at radius 2 is 1.27 bits per heavy atom. The summed E-state index contributed by atoms with van der Waals surface area (Å²) in [6, 6.07) is 16.5. The monoisotopic (exact) mass is 712 g/mol.